The Morgan fingerprint density at radius 2 is 1.96 bits per heavy atom. The monoisotopic (exact) mass is 310 g/mol. The van der Waals surface area contributed by atoms with Crippen molar-refractivity contribution in [3.05, 3.63) is 60.6 Å². The number of hydrogen-bond acceptors (Lipinski definition) is 4. The molecule has 0 saturated carbocycles. The number of anilines is 1. The van der Waals surface area contributed by atoms with Crippen molar-refractivity contribution in [3.63, 3.8) is 0 Å². The number of pyridine rings is 1. The lowest BCUT2D eigenvalue weighted by molar-refractivity contribution is 0.188. The first-order chi connectivity index (χ1) is 11.3. The van der Waals surface area contributed by atoms with Crippen molar-refractivity contribution in [2.24, 2.45) is 5.73 Å². The van der Waals surface area contributed by atoms with E-state index in [1.807, 2.05) is 36.5 Å². The summed E-state index contributed by atoms with van der Waals surface area (Å²) in [6.45, 7) is 3.22. The Labute approximate surface area is 135 Å². The quantitative estimate of drug-likeness (QED) is 0.734. The lowest BCUT2D eigenvalue weighted by Crippen LogP contribution is -2.29. The maximum absolute atomic E-state index is 10.3. The van der Waals surface area contributed by atoms with Crippen molar-refractivity contribution >= 4 is 16.6 Å². The summed E-state index contributed by atoms with van der Waals surface area (Å²) in [7, 11) is 0. The van der Waals surface area contributed by atoms with Crippen LogP contribution in [-0.2, 0) is 0 Å². The molecule has 0 spiro atoms. The second kappa shape index (κ2) is 6.81. The van der Waals surface area contributed by atoms with Crippen molar-refractivity contribution in [1.29, 1.82) is 0 Å². The third-order valence-corrected chi connectivity index (χ3v) is 3.96. The van der Waals surface area contributed by atoms with Crippen molar-refractivity contribution in [1.82, 2.24) is 9.66 Å². The maximum Gasteiger partial charge on any atom is 0.0933 e. The summed E-state index contributed by atoms with van der Waals surface area (Å²) < 4.78 is 2.10. The number of fused-ring (bicyclic) bond motifs is 1. The fourth-order valence-corrected chi connectivity index (χ4v) is 2.87. The number of para-hydroxylation sites is 1. The van der Waals surface area contributed by atoms with E-state index in [0.29, 0.717) is 0 Å². The molecule has 0 saturated heterocycles. The molecule has 0 aliphatic heterocycles. The van der Waals surface area contributed by atoms with Gasteiger partial charge in [0.25, 0.3) is 0 Å². The Hall–Kier alpha value is -2.37. The first kappa shape index (κ1) is 15.5. The van der Waals surface area contributed by atoms with E-state index >= 15 is 0 Å². The van der Waals surface area contributed by atoms with Crippen LogP contribution in [0.4, 0.5) is 5.69 Å². The SMILES string of the molecule is CCCN(c1ccncc1)n1cc(C(O)CN)c2ccccc21. The van der Waals surface area contributed by atoms with Crippen LogP contribution in [0.15, 0.2) is 55.0 Å². The molecule has 0 aliphatic carbocycles. The summed E-state index contributed by atoms with van der Waals surface area (Å²) >= 11 is 0. The van der Waals surface area contributed by atoms with Gasteiger partial charge in [0.15, 0.2) is 0 Å². The van der Waals surface area contributed by atoms with Crippen LogP contribution < -0.4 is 10.7 Å². The zero-order valence-electron chi connectivity index (χ0n) is 13.3. The van der Waals surface area contributed by atoms with Crippen LogP contribution in [0.2, 0.25) is 0 Å². The Morgan fingerprint density at radius 1 is 1.22 bits per heavy atom. The van der Waals surface area contributed by atoms with Gasteiger partial charge < -0.3 is 10.8 Å². The topological polar surface area (TPSA) is 67.3 Å². The first-order valence-electron chi connectivity index (χ1n) is 7.92. The predicted octanol–water partition coefficient (Wildman–Crippen LogP) is 2.71. The summed E-state index contributed by atoms with van der Waals surface area (Å²) in [6.07, 6.45) is 5.91. The summed E-state index contributed by atoms with van der Waals surface area (Å²) in [6, 6.07) is 12.1. The number of rotatable bonds is 6. The minimum atomic E-state index is -0.665. The number of aromatic nitrogens is 2. The molecule has 3 rings (SSSR count). The van der Waals surface area contributed by atoms with Gasteiger partial charge in [-0.25, -0.2) is 0 Å². The number of benzene rings is 1. The van der Waals surface area contributed by atoms with Gasteiger partial charge in [-0.3, -0.25) is 14.7 Å². The molecule has 3 aromatic rings. The zero-order chi connectivity index (χ0) is 16.2. The fraction of sp³-hybridized carbons (Fsp3) is 0.278. The van der Waals surface area contributed by atoms with Crippen LogP contribution in [0.25, 0.3) is 10.9 Å². The summed E-state index contributed by atoms with van der Waals surface area (Å²) in [5.41, 5.74) is 8.65. The number of aliphatic hydroxyl groups is 1. The van der Waals surface area contributed by atoms with Gasteiger partial charge in [0.05, 0.1) is 17.3 Å². The van der Waals surface area contributed by atoms with Gasteiger partial charge in [0, 0.05) is 42.6 Å². The van der Waals surface area contributed by atoms with Gasteiger partial charge in [-0.05, 0) is 24.6 Å². The maximum atomic E-state index is 10.3. The van der Waals surface area contributed by atoms with Crippen LogP contribution in [0.5, 0.6) is 0 Å². The number of aliphatic hydroxyl groups excluding tert-OH is 1. The Bertz CT molecular complexity index is 769. The molecule has 1 aromatic carbocycles. The molecule has 0 radical (unpaired) electrons. The average molecular weight is 310 g/mol. The molecule has 0 bridgehead atoms. The van der Waals surface area contributed by atoms with E-state index in [1.54, 1.807) is 12.4 Å². The Balaban J connectivity index is 2.17. The predicted molar refractivity (Wildman–Crippen MR) is 93.2 cm³/mol. The Kier molecular flexibility index (Phi) is 4.60. The molecule has 23 heavy (non-hydrogen) atoms. The van der Waals surface area contributed by atoms with E-state index in [-0.39, 0.29) is 6.54 Å². The second-order valence-corrected chi connectivity index (χ2v) is 5.53. The van der Waals surface area contributed by atoms with Gasteiger partial charge in [-0.1, -0.05) is 25.1 Å². The van der Waals surface area contributed by atoms with E-state index in [9.17, 15) is 5.11 Å². The second-order valence-electron chi connectivity index (χ2n) is 5.53. The molecule has 0 amide bonds. The molecule has 5 nitrogen and oxygen atoms in total. The zero-order valence-corrected chi connectivity index (χ0v) is 13.3. The van der Waals surface area contributed by atoms with Gasteiger partial charge in [0.1, 0.15) is 0 Å². The average Bonchev–Trinajstić information content (AvgIpc) is 2.99. The highest BCUT2D eigenvalue weighted by Crippen LogP contribution is 2.28. The molecule has 0 fully saturated rings. The van der Waals surface area contributed by atoms with Crippen LogP contribution in [0.1, 0.15) is 25.0 Å². The molecule has 2 aromatic heterocycles. The molecular weight excluding hydrogens is 288 g/mol. The van der Waals surface area contributed by atoms with E-state index < -0.39 is 6.10 Å². The molecule has 2 heterocycles. The number of nitrogens with zero attached hydrogens (tertiary/aromatic N) is 3. The highest BCUT2D eigenvalue weighted by molar-refractivity contribution is 5.85. The highest BCUT2D eigenvalue weighted by atomic mass is 16.3. The van der Waals surface area contributed by atoms with E-state index in [2.05, 4.69) is 27.7 Å². The van der Waals surface area contributed by atoms with E-state index in [1.165, 1.54) is 0 Å². The number of nitrogens with two attached hydrogens (primary N) is 1. The van der Waals surface area contributed by atoms with Gasteiger partial charge in [-0.15, -0.1) is 0 Å². The normalized spacial score (nSPS) is 12.5. The Morgan fingerprint density at radius 3 is 2.65 bits per heavy atom. The molecule has 3 N–H and O–H groups in total. The fourth-order valence-electron chi connectivity index (χ4n) is 2.87. The molecule has 0 aliphatic rings. The minimum absolute atomic E-state index is 0.205. The van der Waals surface area contributed by atoms with Crippen molar-refractivity contribution in [3.8, 4) is 0 Å². The molecular formula is C18H22N4O. The van der Waals surface area contributed by atoms with Gasteiger partial charge in [0.2, 0.25) is 0 Å². The van der Waals surface area contributed by atoms with Crippen molar-refractivity contribution in [2.45, 2.75) is 19.4 Å². The van der Waals surface area contributed by atoms with Crippen LogP contribution in [0.3, 0.4) is 0 Å². The van der Waals surface area contributed by atoms with E-state index in [4.69, 9.17) is 5.73 Å². The molecule has 120 valence electrons. The molecule has 5 heteroatoms. The standard InChI is InChI=1S/C18H22N4O/c1-2-11-21(14-7-9-20-10-8-14)22-13-16(18(23)12-19)15-5-3-4-6-17(15)22/h3-10,13,18,23H,2,11-12,19H2,1H3. The molecule has 1 atom stereocenters. The lowest BCUT2D eigenvalue weighted by atomic mass is 10.1. The third-order valence-electron chi connectivity index (χ3n) is 3.96. The molecule has 1 unspecified atom stereocenters. The van der Waals surface area contributed by atoms with Gasteiger partial charge >= 0.3 is 0 Å². The highest BCUT2D eigenvalue weighted by Gasteiger charge is 2.18. The largest absolute Gasteiger partial charge is 0.387 e. The third kappa shape index (κ3) is 2.93. The van der Waals surface area contributed by atoms with Crippen LogP contribution in [0, 0.1) is 0 Å². The van der Waals surface area contributed by atoms with Crippen LogP contribution in [-0.4, -0.2) is 27.9 Å². The van der Waals surface area contributed by atoms with Crippen molar-refractivity contribution < 1.29 is 5.11 Å². The first-order valence-corrected chi connectivity index (χ1v) is 7.92. The summed E-state index contributed by atoms with van der Waals surface area (Å²) in [5, 5.41) is 13.5. The number of hydrogen-bond donors (Lipinski definition) is 2. The lowest BCUT2D eigenvalue weighted by Gasteiger charge is -2.26. The minimum Gasteiger partial charge on any atom is -0.387 e. The van der Waals surface area contributed by atoms with Crippen molar-refractivity contribution in [2.75, 3.05) is 18.1 Å². The smallest absolute Gasteiger partial charge is 0.0933 e. The van der Waals surface area contributed by atoms with Gasteiger partial charge in [-0.2, -0.15) is 0 Å². The summed E-state index contributed by atoms with van der Waals surface area (Å²) in [4.78, 5) is 4.10. The van der Waals surface area contributed by atoms with E-state index in [0.717, 1.165) is 35.1 Å². The summed E-state index contributed by atoms with van der Waals surface area (Å²) in [5.74, 6) is 0. The van der Waals surface area contributed by atoms with Crippen LogP contribution >= 0.6 is 0 Å².